The highest BCUT2D eigenvalue weighted by Gasteiger charge is 2.16. The topological polar surface area (TPSA) is 109 Å². The third-order valence-electron chi connectivity index (χ3n) is 5.14. The fourth-order valence-electron chi connectivity index (χ4n) is 3.45. The predicted molar refractivity (Wildman–Crippen MR) is 111 cm³/mol. The summed E-state index contributed by atoms with van der Waals surface area (Å²) in [5.74, 6) is -0.748. The summed E-state index contributed by atoms with van der Waals surface area (Å²) in [6, 6.07) is 9.01. The van der Waals surface area contributed by atoms with Crippen LogP contribution >= 0.6 is 0 Å². The number of ether oxygens (including phenoxy) is 1. The molecule has 0 amide bonds. The zero-order valence-electron chi connectivity index (χ0n) is 16.3. The number of nitrogens with two attached hydrogens (primary N) is 1. The molecule has 1 aliphatic rings. The van der Waals surface area contributed by atoms with Crippen molar-refractivity contribution in [2.45, 2.75) is 6.54 Å². The highest BCUT2D eigenvalue weighted by Crippen LogP contribution is 2.32. The third kappa shape index (κ3) is 3.96. The molecular weight excluding hydrogens is 387 g/mol. The van der Waals surface area contributed by atoms with E-state index in [2.05, 4.69) is 15.2 Å². The van der Waals surface area contributed by atoms with E-state index in [4.69, 9.17) is 10.5 Å². The van der Waals surface area contributed by atoms with Gasteiger partial charge in [0.15, 0.2) is 11.6 Å². The van der Waals surface area contributed by atoms with Gasteiger partial charge in [0.05, 0.1) is 22.9 Å². The Balaban J connectivity index is 1.62. The van der Waals surface area contributed by atoms with E-state index in [9.17, 15) is 14.4 Å². The van der Waals surface area contributed by atoms with Crippen LogP contribution in [-0.4, -0.2) is 47.2 Å². The molecule has 9 heteroatoms. The maximum atomic E-state index is 14.2. The first-order chi connectivity index (χ1) is 14.6. The second-order valence-electron chi connectivity index (χ2n) is 7.07. The van der Waals surface area contributed by atoms with Crippen LogP contribution in [0.15, 0.2) is 41.5 Å². The van der Waals surface area contributed by atoms with Crippen molar-refractivity contribution in [3.63, 3.8) is 0 Å². The van der Waals surface area contributed by atoms with Crippen LogP contribution in [-0.2, 0) is 6.54 Å². The minimum absolute atomic E-state index is 0.0882. The number of hydrogen-bond acceptors (Lipinski definition) is 7. The standard InChI is InChI=1S/C21H21FN6O2/c22-17-2-3-18(24)16(12-23)20(17)30-14-1-4-19-15(11-14)21(29)28(13-26-19)10-9-27-7-5-25-6-8-27/h1-4,11,13,25H,5-10,24H2. The van der Waals surface area contributed by atoms with Crippen molar-refractivity contribution in [2.24, 2.45) is 0 Å². The number of fused-ring (bicyclic) bond motifs is 1. The number of piperazine rings is 1. The van der Waals surface area contributed by atoms with Crippen LogP contribution in [0.4, 0.5) is 10.1 Å². The van der Waals surface area contributed by atoms with Gasteiger partial charge in [0.25, 0.3) is 5.56 Å². The molecular formula is C21H21FN6O2. The first-order valence-corrected chi connectivity index (χ1v) is 9.65. The van der Waals surface area contributed by atoms with Crippen LogP contribution in [0.5, 0.6) is 11.5 Å². The smallest absolute Gasteiger partial charge is 0.261 e. The first-order valence-electron chi connectivity index (χ1n) is 9.65. The lowest BCUT2D eigenvalue weighted by Crippen LogP contribution is -2.45. The van der Waals surface area contributed by atoms with Gasteiger partial charge in [-0.05, 0) is 30.3 Å². The molecule has 2 heterocycles. The Labute approximate surface area is 172 Å². The summed E-state index contributed by atoms with van der Waals surface area (Å²) >= 11 is 0. The summed E-state index contributed by atoms with van der Waals surface area (Å²) in [5, 5.41) is 12.9. The quantitative estimate of drug-likeness (QED) is 0.618. The van der Waals surface area contributed by atoms with E-state index in [1.807, 2.05) is 6.07 Å². The third-order valence-corrected chi connectivity index (χ3v) is 5.14. The number of nitrogens with one attached hydrogen (secondary N) is 1. The van der Waals surface area contributed by atoms with Crippen LogP contribution in [0.1, 0.15) is 5.56 Å². The number of anilines is 1. The largest absolute Gasteiger partial charge is 0.453 e. The van der Waals surface area contributed by atoms with Crippen molar-refractivity contribution in [2.75, 3.05) is 38.5 Å². The molecule has 8 nitrogen and oxygen atoms in total. The molecule has 3 aromatic rings. The highest BCUT2D eigenvalue weighted by atomic mass is 19.1. The lowest BCUT2D eigenvalue weighted by atomic mass is 10.1. The van der Waals surface area contributed by atoms with Crippen LogP contribution in [0.25, 0.3) is 10.9 Å². The zero-order valence-corrected chi connectivity index (χ0v) is 16.3. The Morgan fingerprint density at radius 1 is 1.23 bits per heavy atom. The Morgan fingerprint density at radius 2 is 2.03 bits per heavy atom. The van der Waals surface area contributed by atoms with Gasteiger partial charge in [-0.3, -0.25) is 14.3 Å². The Kier molecular flexibility index (Phi) is 5.61. The fourth-order valence-corrected chi connectivity index (χ4v) is 3.45. The van der Waals surface area contributed by atoms with Crippen molar-refractivity contribution in [3.05, 3.63) is 58.4 Å². The van der Waals surface area contributed by atoms with Gasteiger partial charge in [-0.25, -0.2) is 9.37 Å². The number of nitrogens with zero attached hydrogens (tertiary/aromatic N) is 4. The van der Waals surface area contributed by atoms with Gasteiger partial charge in [0.2, 0.25) is 0 Å². The lowest BCUT2D eigenvalue weighted by molar-refractivity contribution is 0.231. The first kappa shape index (κ1) is 19.8. The molecule has 2 aromatic carbocycles. The monoisotopic (exact) mass is 408 g/mol. The van der Waals surface area contributed by atoms with E-state index in [1.54, 1.807) is 23.0 Å². The van der Waals surface area contributed by atoms with Gasteiger partial charge < -0.3 is 15.8 Å². The predicted octanol–water partition coefficient (Wildman–Crippen LogP) is 1.69. The van der Waals surface area contributed by atoms with Gasteiger partial charge >= 0.3 is 0 Å². The molecule has 1 aromatic heterocycles. The average molecular weight is 408 g/mol. The Morgan fingerprint density at radius 3 is 2.80 bits per heavy atom. The van der Waals surface area contributed by atoms with Gasteiger partial charge in [0.1, 0.15) is 17.4 Å². The lowest BCUT2D eigenvalue weighted by Gasteiger charge is -2.27. The number of aromatic nitrogens is 2. The van der Waals surface area contributed by atoms with E-state index in [1.165, 1.54) is 12.1 Å². The second-order valence-corrected chi connectivity index (χ2v) is 7.07. The van der Waals surface area contributed by atoms with Crippen LogP contribution in [0.2, 0.25) is 0 Å². The number of rotatable bonds is 5. The summed E-state index contributed by atoms with van der Waals surface area (Å²) in [5.41, 5.74) is 6.09. The molecule has 0 atom stereocenters. The summed E-state index contributed by atoms with van der Waals surface area (Å²) in [6.45, 7) is 5.05. The molecule has 1 saturated heterocycles. The maximum Gasteiger partial charge on any atom is 0.261 e. The summed E-state index contributed by atoms with van der Waals surface area (Å²) in [7, 11) is 0. The molecule has 154 valence electrons. The van der Waals surface area contributed by atoms with Crippen molar-refractivity contribution in [1.82, 2.24) is 19.8 Å². The molecule has 30 heavy (non-hydrogen) atoms. The minimum Gasteiger partial charge on any atom is -0.453 e. The number of hydrogen-bond donors (Lipinski definition) is 2. The van der Waals surface area contributed by atoms with Gasteiger partial charge in [-0.2, -0.15) is 5.26 Å². The van der Waals surface area contributed by atoms with Gasteiger partial charge in [-0.1, -0.05) is 0 Å². The molecule has 0 unspecified atom stereocenters. The van der Waals surface area contributed by atoms with Gasteiger partial charge in [-0.15, -0.1) is 0 Å². The van der Waals surface area contributed by atoms with Crippen LogP contribution in [0.3, 0.4) is 0 Å². The summed E-state index contributed by atoms with van der Waals surface area (Å²) in [4.78, 5) is 19.6. The highest BCUT2D eigenvalue weighted by molar-refractivity contribution is 5.79. The number of halogens is 1. The number of nitriles is 1. The zero-order chi connectivity index (χ0) is 21.1. The maximum absolute atomic E-state index is 14.2. The average Bonchev–Trinajstić information content (AvgIpc) is 2.77. The van der Waals surface area contributed by atoms with E-state index in [-0.39, 0.29) is 28.3 Å². The molecule has 3 N–H and O–H groups in total. The molecule has 0 bridgehead atoms. The second kappa shape index (κ2) is 8.49. The number of nitrogen functional groups attached to an aromatic ring is 1. The van der Waals surface area contributed by atoms with Crippen molar-refractivity contribution in [1.29, 1.82) is 5.26 Å². The molecule has 0 spiro atoms. The Bertz CT molecular complexity index is 1180. The normalized spacial score (nSPS) is 14.5. The SMILES string of the molecule is N#Cc1c(N)ccc(F)c1Oc1ccc2ncn(CCN3CCNCC3)c(=O)c2c1. The van der Waals surface area contributed by atoms with E-state index in [0.717, 1.165) is 38.8 Å². The molecule has 0 radical (unpaired) electrons. The fraction of sp³-hybridized carbons (Fsp3) is 0.286. The molecule has 4 rings (SSSR count). The van der Waals surface area contributed by atoms with E-state index < -0.39 is 5.82 Å². The molecule has 0 aliphatic carbocycles. The number of benzene rings is 2. The van der Waals surface area contributed by atoms with Crippen molar-refractivity contribution < 1.29 is 9.13 Å². The van der Waals surface area contributed by atoms with Crippen LogP contribution < -0.4 is 21.3 Å². The summed E-state index contributed by atoms with van der Waals surface area (Å²) < 4.78 is 21.4. The van der Waals surface area contributed by atoms with Crippen molar-refractivity contribution in [3.8, 4) is 17.6 Å². The van der Waals surface area contributed by atoms with E-state index in [0.29, 0.717) is 17.4 Å². The van der Waals surface area contributed by atoms with Crippen LogP contribution in [0, 0.1) is 17.1 Å². The molecule has 1 aliphatic heterocycles. The Hall–Kier alpha value is -3.48. The summed E-state index contributed by atoms with van der Waals surface area (Å²) in [6.07, 6.45) is 1.54. The van der Waals surface area contributed by atoms with Gasteiger partial charge in [0, 0.05) is 39.3 Å². The minimum atomic E-state index is -0.708. The molecule has 1 fully saturated rings. The molecule has 0 saturated carbocycles. The van der Waals surface area contributed by atoms with E-state index >= 15 is 0 Å². The van der Waals surface area contributed by atoms with Crippen molar-refractivity contribution >= 4 is 16.6 Å².